The van der Waals surface area contributed by atoms with Gasteiger partial charge >= 0.3 is 0 Å². The first-order valence-electron chi connectivity index (χ1n) is 4.27. The number of carbonyl (C=O) groups excluding carboxylic acids is 1. The standard InChI is InChI=1S/C7H18N3O2P/c8-3-1-2-4-13(10)7(12)6(11)5-9/h6,11H,1-5,8-10H2. The number of nitrogens with two attached hydrogens (primary N) is 3. The normalized spacial score (nSPS) is 15.4. The Morgan fingerprint density at radius 3 is 2.46 bits per heavy atom. The van der Waals surface area contributed by atoms with E-state index in [0.29, 0.717) is 12.7 Å². The molecule has 0 rings (SSSR count). The molecule has 0 aromatic carbocycles. The lowest BCUT2D eigenvalue weighted by Gasteiger charge is -2.13. The van der Waals surface area contributed by atoms with Gasteiger partial charge in [0.25, 0.3) is 0 Å². The molecule has 0 fully saturated rings. The molecule has 0 radical (unpaired) electrons. The molecule has 13 heavy (non-hydrogen) atoms. The molecule has 0 bridgehead atoms. The summed E-state index contributed by atoms with van der Waals surface area (Å²) in [5, 5.41) is 9.09. The van der Waals surface area contributed by atoms with Crippen molar-refractivity contribution in [3.8, 4) is 0 Å². The van der Waals surface area contributed by atoms with Crippen LogP contribution < -0.4 is 17.0 Å². The zero-order valence-electron chi connectivity index (χ0n) is 7.65. The van der Waals surface area contributed by atoms with E-state index in [0.717, 1.165) is 12.8 Å². The predicted octanol–water partition coefficient (Wildman–Crippen LogP) is -1.07. The van der Waals surface area contributed by atoms with E-state index in [1.165, 1.54) is 0 Å². The van der Waals surface area contributed by atoms with Gasteiger partial charge < -0.3 is 22.1 Å². The highest BCUT2D eigenvalue weighted by molar-refractivity contribution is 7.72. The van der Waals surface area contributed by atoms with Gasteiger partial charge in [-0.05, 0) is 25.5 Å². The van der Waals surface area contributed by atoms with Crippen LogP contribution >= 0.6 is 8.07 Å². The second kappa shape index (κ2) is 7.35. The Kier molecular flexibility index (Phi) is 7.32. The van der Waals surface area contributed by atoms with Crippen molar-refractivity contribution in [1.29, 1.82) is 0 Å². The Bertz CT molecular complexity index is 157. The van der Waals surface area contributed by atoms with Gasteiger partial charge in [-0.15, -0.1) is 0 Å². The molecule has 2 unspecified atom stereocenters. The third-order valence-electron chi connectivity index (χ3n) is 1.64. The molecule has 7 N–H and O–H groups in total. The van der Waals surface area contributed by atoms with Gasteiger partial charge in [0.15, 0.2) is 5.52 Å². The van der Waals surface area contributed by atoms with E-state index in [-0.39, 0.29) is 12.1 Å². The van der Waals surface area contributed by atoms with Crippen LogP contribution in [0.15, 0.2) is 0 Å². The first-order chi connectivity index (χ1) is 6.13. The smallest absolute Gasteiger partial charge is 0.198 e. The van der Waals surface area contributed by atoms with E-state index >= 15 is 0 Å². The molecule has 5 nitrogen and oxygen atoms in total. The van der Waals surface area contributed by atoms with Crippen LogP contribution in [0, 0.1) is 0 Å². The zero-order valence-corrected chi connectivity index (χ0v) is 8.54. The van der Waals surface area contributed by atoms with E-state index in [2.05, 4.69) is 0 Å². The Hall–Kier alpha value is -0.0600. The van der Waals surface area contributed by atoms with Crippen LogP contribution in [0.2, 0.25) is 0 Å². The molecular formula is C7H18N3O2P. The fourth-order valence-corrected chi connectivity index (χ4v) is 2.10. The molecule has 78 valence electrons. The molecular weight excluding hydrogens is 189 g/mol. The minimum Gasteiger partial charge on any atom is -0.384 e. The predicted molar refractivity (Wildman–Crippen MR) is 54.3 cm³/mol. The number of aliphatic hydroxyl groups is 1. The molecule has 2 atom stereocenters. The maximum Gasteiger partial charge on any atom is 0.198 e. The molecule has 0 aliphatic carbocycles. The molecule has 6 heteroatoms. The second-order valence-electron chi connectivity index (χ2n) is 2.78. The Balaban J connectivity index is 3.69. The summed E-state index contributed by atoms with van der Waals surface area (Å²) in [6.07, 6.45) is 1.24. The first-order valence-corrected chi connectivity index (χ1v) is 5.87. The SMILES string of the molecule is NCCCCP(N)C(=O)C(O)CN. The minimum atomic E-state index is -1.22. The molecule has 0 aliphatic heterocycles. The minimum absolute atomic E-state index is 0.0498. The third-order valence-corrected chi connectivity index (χ3v) is 3.31. The van der Waals surface area contributed by atoms with Crippen LogP contribution in [-0.4, -0.2) is 36.0 Å². The van der Waals surface area contributed by atoms with E-state index in [1.54, 1.807) is 0 Å². The highest BCUT2D eigenvalue weighted by Crippen LogP contribution is 2.29. The van der Waals surface area contributed by atoms with E-state index in [4.69, 9.17) is 22.1 Å². The summed E-state index contributed by atoms with van der Waals surface area (Å²) in [5.41, 5.74) is 15.7. The lowest BCUT2D eigenvalue weighted by atomic mass is 10.3. The van der Waals surface area contributed by atoms with Gasteiger partial charge in [-0.25, -0.2) is 0 Å². The number of unbranched alkanes of at least 4 members (excludes halogenated alkanes) is 1. The molecule has 0 heterocycles. The Labute approximate surface area is 79.5 Å². The molecule has 0 amide bonds. The van der Waals surface area contributed by atoms with Crippen molar-refractivity contribution in [2.75, 3.05) is 19.3 Å². The van der Waals surface area contributed by atoms with Gasteiger partial charge in [0.1, 0.15) is 6.10 Å². The van der Waals surface area contributed by atoms with Crippen LogP contribution in [0.3, 0.4) is 0 Å². The zero-order chi connectivity index (χ0) is 10.3. The van der Waals surface area contributed by atoms with E-state index < -0.39 is 14.2 Å². The van der Waals surface area contributed by atoms with Crippen molar-refractivity contribution < 1.29 is 9.90 Å². The lowest BCUT2D eigenvalue weighted by molar-refractivity contribution is -0.118. The molecule has 0 aromatic rings. The van der Waals surface area contributed by atoms with Crippen LogP contribution in [0.1, 0.15) is 12.8 Å². The van der Waals surface area contributed by atoms with Crippen molar-refractivity contribution in [2.45, 2.75) is 18.9 Å². The van der Waals surface area contributed by atoms with Gasteiger partial charge in [0.05, 0.1) is 0 Å². The van der Waals surface area contributed by atoms with Crippen molar-refractivity contribution in [3.63, 3.8) is 0 Å². The van der Waals surface area contributed by atoms with E-state index in [9.17, 15) is 4.79 Å². The molecule has 0 saturated carbocycles. The average Bonchev–Trinajstić information content (AvgIpc) is 2.15. The summed E-state index contributed by atoms with van der Waals surface area (Å²) in [4.78, 5) is 11.2. The fourth-order valence-electron chi connectivity index (χ4n) is 0.829. The fraction of sp³-hybridized carbons (Fsp3) is 0.857. The highest BCUT2D eigenvalue weighted by Gasteiger charge is 2.20. The largest absolute Gasteiger partial charge is 0.384 e. The monoisotopic (exact) mass is 207 g/mol. The van der Waals surface area contributed by atoms with Crippen molar-refractivity contribution in [1.82, 2.24) is 0 Å². The second-order valence-corrected chi connectivity index (χ2v) is 4.61. The van der Waals surface area contributed by atoms with Gasteiger partial charge in [0.2, 0.25) is 0 Å². The third kappa shape index (κ3) is 5.29. The first kappa shape index (κ1) is 12.9. The van der Waals surface area contributed by atoms with Gasteiger partial charge in [-0.2, -0.15) is 0 Å². The van der Waals surface area contributed by atoms with Gasteiger partial charge in [0, 0.05) is 14.6 Å². The van der Waals surface area contributed by atoms with Gasteiger partial charge in [-0.1, -0.05) is 0 Å². The topological polar surface area (TPSA) is 115 Å². The number of aliphatic hydroxyl groups excluding tert-OH is 1. The molecule has 0 spiro atoms. The number of carbonyl (C=O) groups is 1. The highest BCUT2D eigenvalue weighted by atomic mass is 31.1. The van der Waals surface area contributed by atoms with Crippen molar-refractivity contribution >= 4 is 13.6 Å². The summed E-state index contributed by atoms with van der Waals surface area (Å²) >= 11 is 0. The van der Waals surface area contributed by atoms with Crippen LogP contribution in [0.5, 0.6) is 0 Å². The number of hydrogen-bond donors (Lipinski definition) is 4. The Morgan fingerprint density at radius 1 is 1.38 bits per heavy atom. The maximum absolute atomic E-state index is 11.2. The van der Waals surface area contributed by atoms with Crippen molar-refractivity contribution in [3.05, 3.63) is 0 Å². The molecule has 0 saturated heterocycles. The summed E-state index contributed by atoms with van der Waals surface area (Å²) < 4.78 is 0. The average molecular weight is 207 g/mol. The maximum atomic E-state index is 11.2. The summed E-state index contributed by atoms with van der Waals surface area (Å²) in [6.45, 7) is 0.558. The van der Waals surface area contributed by atoms with E-state index in [1.807, 2.05) is 0 Å². The summed E-state index contributed by atoms with van der Waals surface area (Å²) in [5.74, 6) is 0. The number of hydrogen-bond acceptors (Lipinski definition) is 5. The van der Waals surface area contributed by atoms with Crippen LogP contribution in [0.25, 0.3) is 0 Å². The summed E-state index contributed by atoms with van der Waals surface area (Å²) in [7, 11) is -1.22. The van der Waals surface area contributed by atoms with Crippen molar-refractivity contribution in [2.24, 2.45) is 17.0 Å². The lowest BCUT2D eigenvalue weighted by Crippen LogP contribution is -2.29. The Morgan fingerprint density at radius 2 is 2.00 bits per heavy atom. The van der Waals surface area contributed by atoms with Crippen LogP contribution in [0.4, 0.5) is 0 Å². The summed E-state index contributed by atoms with van der Waals surface area (Å²) in [6, 6.07) is 0. The number of rotatable bonds is 7. The quantitative estimate of drug-likeness (QED) is 0.313. The van der Waals surface area contributed by atoms with Gasteiger partial charge in [-0.3, -0.25) is 4.79 Å². The van der Waals surface area contributed by atoms with Crippen LogP contribution in [-0.2, 0) is 4.79 Å². The molecule has 0 aliphatic rings. The molecule has 0 aromatic heterocycles.